The zero-order valence-electron chi connectivity index (χ0n) is 13.6. The Labute approximate surface area is 141 Å². The Kier molecular flexibility index (Phi) is 8.42. The van der Waals surface area contributed by atoms with Crippen LogP contribution in [0.4, 0.5) is 22.7 Å². The molecule has 2 aromatic carbocycles. The molecule has 7 heteroatoms. The molecular formula is C17H26N4O3. The minimum Gasteiger partial charge on any atom is -0.399 e. The van der Waals surface area contributed by atoms with Gasteiger partial charge < -0.3 is 37.4 Å². The molecule has 0 spiro atoms. The zero-order valence-corrected chi connectivity index (χ0v) is 13.6. The number of hydrogen-bond acceptors (Lipinski definition) is 7. The number of aliphatic hydroxyl groups is 3. The molecule has 0 aliphatic carbocycles. The predicted molar refractivity (Wildman–Crippen MR) is 98.4 cm³/mol. The Bertz CT molecular complexity index is 599. The molecule has 0 fully saturated rings. The van der Waals surface area contributed by atoms with E-state index in [4.69, 9.17) is 32.5 Å². The van der Waals surface area contributed by atoms with Gasteiger partial charge in [-0.15, -0.1) is 0 Å². The van der Waals surface area contributed by atoms with Crippen molar-refractivity contribution in [2.24, 2.45) is 0 Å². The molecule has 0 unspecified atom stereocenters. The first-order chi connectivity index (χ1) is 11.5. The van der Waals surface area contributed by atoms with Crippen LogP contribution < -0.4 is 22.1 Å². The van der Waals surface area contributed by atoms with Crippen LogP contribution in [0.5, 0.6) is 0 Å². The van der Waals surface area contributed by atoms with E-state index in [1.54, 1.807) is 30.3 Å². The van der Waals surface area contributed by atoms with Crippen molar-refractivity contribution in [2.75, 3.05) is 48.4 Å². The van der Waals surface area contributed by atoms with Gasteiger partial charge in [0.1, 0.15) is 0 Å². The van der Waals surface area contributed by atoms with Gasteiger partial charge in [0.25, 0.3) is 0 Å². The van der Waals surface area contributed by atoms with Gasteiger partial charge in [-0.3, -0.25) is 0 Å². The van der Waals surface area contributed by atoms with Crippen LogP contribution in [-0.4, -0.2) is 41.6 Å². The monoisotopic (exact) mass is 334 g/mol. The molecule has 0 radical (unpaired) electrons. The molecule has 2 aromatic rings. The van der Waals surface area contributed by atoms with Gasteiger partial charge in [-0.2, -0.15) is 0 Å². The van der Waals surface area contributed by atoms with Gasteiger partial charge in [0, 0.05) is 41.4 Å². The first kappa shape index (κ1) is 19.6. The lowest BCUT2D eigenvalue weighted by atomic mass is 10.2. The van der Waals surface area contributed by atoms with Crippen LogP contribution in [0.15, 0.2) is 42.5 Å². The molecule has 0 atom stereocenters. The summed E-state index contributed by atoms with van der Waals surface area (Å²) in [6, 6.07) is 12.4. The fourth-order valence-electron chi connectivity index (χ4n) is 2.06. The third kappa shape index (κ3) is 6.33. The number of rotatable bonds is 6. The maximum absolute atomic E-state index is 8.83. The molecule has 0 saturated carbocycles. The molecule has 24 heavy (non-hydrogen) atoms. The van der Waals surface area contributed by atoms with E-state index in [-0.39, 0.29) is 19.8 Å². The smallest absolute Gasteiger partial charge is 0.0702 e. The molecule has 132 valence electrons. The summed E-state index contributed by atoms with van der Waals surface area (Å²) in [6.45, 7) is 1.13. The first-order valence-electron chi connectivity index (χ1n) is 7.58. The maximum atomic E-state index is 8.83. The third-order valence-electron chi connectivity index (χ3n) is 3.34. The Hall–Kier alpha value is -2.48. The summed E-state index contributed by atoms with van der Waals surface area (Å²) in [5.74, 6) is 0. The van der Waals surface area contributed by atoms with Crippen molar-refractivity contribution in [1.29, 1.82) is 0 Å². The second kappa shape index (κ2) is 10.3. The van der Waals surface area contributed by atoms with Crippen LogP contribution in [0.2, 0.25) is 0 Å². The fraction of sp³-hybridized carbons (Fsp3) is 0.294. The summed E-state index contributed by atoms with van der Waals surface area (Å²) in [6.07, 6.45) is 0. The van der Waals surface area contributed by atoms with E-state index in [9.17, 15) is 0 Å². The Balaban J connectivity index is 0.000000254. The second-order valence-electron chi connectivity index (χ2n) is 5.14. The van der Waals surface area contributed by atoms with Gasteiger partial charge in [0.15, 0.2) is 0 Å². The lowest BCUT2D eigenvalue weighted by Crippen LogP contribution is -2.29. The van der Waals surface area contributed by atoms with Gasteiger partial charge in [0.05, 0.1) is 19.8 Å². The van der Waals surface area contributed by atoms with Crippen LogP contribution in [-0.2, 0) is 6.61 Å². The van der Waals surface area contributed by atoms with Crippen molar-refractivity contribution < 1.29 is 15.3 Å². The van der Waals surface area contributed by atoms with Crippen molar-refractivity contribution in [3.8, 4) is 0 Å². The van der Waals surface area contributed by atoms with E-state index in [1.165, 1.54) is 0 Å². The molecule has 0 aromatic heterocycles. The zero-order chi connectivity index (χ0) is 17.9. The van der Waals surface area contributed by atoms with Crippen LogP contribution in [0.3, 0.4) is 0 Å². The molecule has 0 aliphatic heterocycles. The number of nitrogen functional groups attached to an aromatic ring is 3. The predicted octanol–water partition coefficient (Wildman–Crippen LogP) is 0.403. The van der Waals surface area contributed by atoms with Crippen molar-refractivity contribution in [2.45, 2.75) is 6.61 Å². The highest BCUT2D eigenvalue weighted by Gasteiger charge is 2.03. The molecule has 7 nitrogen and oxygen atoms in total. The van der Waals surface area contributed by atoms with Gasteiger partial charge in [-0.05, 0) is 42.5 Å². The Morgan fingerprint density at radius 2 is 1.29 bits per heavy atom. The van der Waals surface area contributed by atoms with E-state index in [0.29, 0.717) is 35.7 Å². The highest BCUT2D eigenvalue weighted by molar-refractivity contribution is 5.55. The number of anilines is 4. The number of nitrogens with zero attached hydrogens (tertiary/aromatic N) is 1. The van der Waals surface area contributed by atoms with E-state index >= 15 is 0 Å². The molecule has 0 amide bonds. The topological polar surface area (TPSA) is 142 Å². The molecule has 0 aliphatic rings. The standard InChI is InChI=1S/C10H16N2O2.C7H10N2O/c11-9-1-3-10(4-2-9)12(5-7-13)6-8-14;8-6-1-2-7(9)5(3-6)4-10/h1-4,13-14H,5-8,11H2;1-3,10H,4,8-9H2. The summed E-state index contributed by atoms with van der Waals surface area (Å²) in [4.78, 5) is 1.90. The minimum absolute atomic E-state index is 0.0587. The average molecular weight is 334 g/mol. The summed E-state index contributed by atoms with van der Waals surface area (Å²) in [7, 11) is 0. The highest BCUT2D eigenvalue weighted by Crippen LogP contribution is 2.15. The molecule has 0 saturated heterocycles. The lowest BCUT2D eigenvalue weighted by molar-refractivity contribution is 0.281. The van der Waals surface area contributed by atoms with Crippen molar-refractivity contribution in [3.05, 3.63) is 48.0 Å². The highest BCUT2D eigenvalue weighted by atomic mass is 16.3. The lowest BCUT2D eigenvalue weighted by Gasteiger charge is -2.22. The summed E-state index contributed by atoms with van der Waals surface area (Å²) in [5.41, 5.74) is 20.0. The third-order valence-corrected chi connectivity index (χ3v) is 3.34. The summed E-state index contributed by atoms with van der Waals surface area (Å²) < 4.78 is 0. The van der Waals surface area contributed by atoms with Crippen molar-refractivity contribution >= 4 is 22.7 Å². The summed E-state index contributed by atoms with van der Waals surface area (Å²) in [5, 5.41) is 26.4. The second-order valence-corrected chi connectivity index (χ2v) is 5.14. The number of nitrogens with two attached hydrogens (primary N) is 3. The van der Waals surface area contributed by atoms with E-state index < -0.39 is 0 Å². The molecule has 0 heterocycles. The SMILES string of the molecule is Nc1ccc(N(CCO)CCO)cc1.Nc1ccc(N)c(CO)c1. The quantitative estimate of drug-likeness (QED) is 0.420. The van der Waals surface area contributed by atoms with E-state index in [2.05, 4.69) is 0 Å². The number of benzene rings is 2. The van der Waals surface area contributed by atoms with Crippen LogP contribution >= 0.6 is 0 Å². The van der Waals surface area contributed by atoms with Gasteiger partial charge in [-0.25, -0.2) is 0 Å². The molecule has 2 rings (SSSR count). The number of aliphatic hydroxyl groups excluding tert-OH is 3. The molecule has 0 bridgehead atoms. The van der Waals surface area contributed by atoms with E-state index in [1.807, 2.05) is 17.0 Å². The van der Waals surface area contributed by atoms with E-state index in [0.717, 1.165) is 5.69 Å². The summed E-state index contributed by atoms with van der Waals surface area (Å²) >= 11 is 0. The fourth-order valence-corrected chi connectivity index (χ4v) is 2.06. The van der Waals surface area contributed by atoms with Crippen LogP contribution in [0, 0.1) is 0 Å². The van der Waals surface area contributed by atoms with Gasteiger partial charge in [-0.1, -0.05) is 0 Å². The van der Waals surface area contributed by atoms with Gasteiger partial charge >= 0.3 is 0 Å². The Morgan fingerprint density at radius 1 is 0.750 bits per heavy atom. The van der Waals surface area contributed by atoms with Crippen molar-refractivity contribution in [3.63, 3.8) is 0 Å². The van der Waals surface area contributed by atoms with Crippen molar-refractivity contribution in [1.82, 2.24) is 0 Å². The first-order valence-corrected chi connectivity index (χ1v) is 7.58. The average Bonchev–Trinajstić information content (AvgIpc) is 2.58. The van der Waals surface area contributed by atoms with Crippen LogP contribution in [0.1, 0.15) is 5.56 Å². The normalized spacial score (nSPS) is 9.96. The number of hydrogen-bond donors (Lipinski definition) is 6. The Morgan fingerprint density at radius 3 is 1.75 bits per heavy atom. The molecular weight excluding hydrogens is 308 g/mol. The van der Waals surface area contributed by atoms with Crippen LogP contribution in [0.25, 0.3) is 0 Å². The minimum atomic E-state index is -0.0587. The maximum Gasteiger partial charge on any atom is 0.0702 e. The molecule has 9 N–H and O–H groups in total. The van der Waals surface area contributed by atoms with Gasteiger partial charge in [0.2, 0.25) is 0 Å². The largest absolute Gasteiger partial charge is 0.399 e.